The highest BCUT2D eigenvalue weighted by atomic mass is 16.5. The Morgan fingerprint density at radius 1 is 1.43 bits per heavy atom. The van der Waals surface area contributed by atoms with Gasteiger partial charge in [-0.05, 0) is 12.3 Å². The topological polar surface area (TPSA) is 89.6 Å². The van der Waals surface area contributed by atoms with Crippen LogP contribution in [0, 0.1) is 5.92 Å². The monoisotopic (exact) mass is 203 g/mol. The third-order valence-corrected chi connectivity index (χ3v) is 1.77. The van der Waals surface area contributed by atoms with Gasteiger partial charge < -0.3 is 15.6 Å². The van der Waals surface area contributed by atoms with Gasteiger partial charge in [0.15, 0.2) is 0 Å². The Labute approximate surface area is 83.2 Å². The molecule has 0 heterocycles. The minimum absolute atomic E-state index is 0.00416. The summed E-state index contributed by atoms with van der Waals surface area (Å²) < 4.78 is 4.79. The second-order valence-corrected chi connectivity index (χ2v) is 3.43. The van der Waals surface area contributed by atoms with Crippen molar-refractivity contribution in [1.29, 1.82) is 0 Å². The molecule has 0 aliphatic heterocycles. The van der Waals surface area contributed by atoms with Crippen molar-refractivity contribution in [1.82, 2.24) is 0 Å². The van der Waals surface area contributed by atoms with E-state index in [1.165, 1.54) is 0 Å². The highest BCUT2D eigenvalue weighted by molar-refractivity contribution is 5.75. The largest absolute Gasteiger partial charge is 0.481 e. The maximum Gasteiger partial charge on any atom is 0.323 e. The number of carbonyl (C=O) groups excluding carboxylic acids is 1. The zero-order valence-electron chi connectivity index (χ0n) is 8.53. The zero-order chi connectivity index (χ0) is 11.1. The van der Waals surface area contributed by atoms with Crippen molar-refractivity contribution in [2.75, 3.05) is 6.61 Å². The van der Waals surface area contributed by atoms with Gasteiger partial charge >= 0.3 is 11.9 Å². The fourth-order valence-electron chi connectivity index (χ4n) is 0.765. The van der Waals surface area contributed by atoms with E-state index in [1.54, 1.807) is 0 Å². The van der Waals surface area contributed by atoms with Gasteiger partial charge in [0.25, 0.3) is 0 Å². The van der Waals surface area contributed by atoms with Crippen LogP contribution in [0.3, 0.4) is 0 Å². The first-order valence-corrected chi connectivity index (χ1v) is 4.59. The Balaban J connectivity index is 3.59. The van der Waals surface area contributed by atoms with E-state index in [4.69, 9.17) is 15.6 Å². The summed E-state index contributed by atoms with van der Waals surface area (Å²) in [6.45, 7) is 3.76. The molecule has 0 aromatic carbocycles. The molecule has 0 spiro atoms. The van der Waals surface area contributed by atoms with Crippen LogP contribution in [0.15, 0.2) is 0 Å². The van der Waals surface area contributed by atoms with Crippen LogP contribution >= 0.6 is 0 Å². The van der Waals surface area contributed by atoms with E-state index >= 15 is 0 Å². The minimum Gasteiger partial charge on any atom is -0.481 e. The summed E-state index contributed by atoms with van der Waals surface area (Å²) in [6, 6.07) is -0.625. The molecule has 0 radical (unpaired) electrons. The molecule has 0 bridgehead atoms. The molecule has 0 aliphatic rings. The predicted molar refractivity (Wildman–Crippen MR) is 50.6 cm³/mol. The van der Waals surface area contributed by atoms with Crippen molar-refractivity contribution in [3.05, 3.63) is 0 Å². The average Bonchev–Trinajstić information content (AvgIpc) is 2.10. The van der Waals surface area contributed by atoms with Crippen molar-refractivity contribution in [2.24, 2.45) is 11.7 Å². The normalized spacial score (nSPS) is 12.6. The second kappa shape index (κ2) is 6.37. The standard InChI is InChI=1S/C9H17NO4/c1-6(2)8(10)9(13)14-5-3-4-7(11)12/h6,8H,3-5,10H2,1-2H3,(H,11,12)/t8-/m0/s1. The minimum atomic E-state index is -0.894. The zero-order valence-corrected chi connectivity index (χ0v) is 8.53. The molecule has 0 aliphatic carbocycles. The number of rotatable bonds is 6. The number of hydrogen-bond donors (Lipinski definition) is 2. The van der Waals surface area contributed by atoms with Gasteiger partial charge in [-0.1, -0.05) is 13.8 Å². The summed E-state index contributed by atoms with van der Waals surface area (Å²) in [7, 11) is 0. The lowest BCUT2D eigenvalue weighted by Crippen LogP contribution is -2.37. The van der Waals surface area contributed by atoms with Crippen LogP contribution in [-0.2, 0) is 14.3 Å². The van der Waals surface area contributed by atoms with E-state index in [0.29, 0.717) is 6.42 Å². The van der Waals surface area contributed by atoms with Gasteiger partial charge in [0.05, 0.1) is 6.61 Å². The number of hydrogen-bond acceptors (Lipinski definition) is 4. The number of ether oxygens (including phenoxy) is 1. The van der Waals surface area contributed by atoms with E-state index in [0.717, 1.165) is 0 Å². The number of esters is 1. The first-order chi connectivity index (χ1) is 6.45. The maximum atomic E-state index is 11.1. The SMILES string of the molecule is CC(C)[C@H](N)C(=O)OCCCC(=O)O. The van der Waals surface area contributed by atoms with Gasteiger partial charge in [0.1, 0.15) is 6.04 Å². The van der Waals surface area contributed by atoms with Crippen LogP contribution in [0.1, 0.15) is 26.7 Å². The van der Waals surface area contributed by atoms with Crippen LogP contribution in [0.25, 0.3) is 0 Å². The highest BCUT2D eigenvalue weighted by Crippen LogP contribution is 2.01. The lowest BCUT2D eigenvalue weighted by atomic mass is 10.1. The lowest BCUT2D eigenvalue weighted by Gasteiger charge is -2.13. The number of carboxylic acid groups (broad SMARTS) is 1. The molecule has 0 fully saturated rings. The number of carboxylic acids is 1. The summed E-state index contributed by atoms with van der Waals surface area (Å²) in [5.41, 5.74) is 5.51. The van der Waals surface area contributed by atoms with Gasteiger partial charge in [-0.3, -0.25) is 9.59 Å². The van der Waals surface area contributed by atoms with Crippen LogP contribution in [0.4, 0.5) is 0 Å². The first-order valence-electron chi connectivity index (χ1n) is 4.59. The Hall–Kier alpha value is -1.10. The second-order valence-electron chi connectivity index (χ2n) is 3.43. The van der Waals surface area contributed by atoms with Gasteiger partial charge in [0, 0.05) is 6.42 Å². The van der Waals surface area contributed by atoms with E-state index in [2.05, 4.69) is 0 Å². The van der Waals surface area contributed by atoms with Crippen molar-refractivity contribution >= 4 is 11.9 Å². The number of aliphatic carboxylic acids is 1. The molecule has 3 N–H and O–H groups in total. The molecule has 82 valence electrons. The molecule has 1 atom stereocenters. The third kappa shape index (κ3) is 5.53. The van der Waals surface area contributed by atoms with Crippen molar-refractivity contribution in [2.45, 2.75) is 32.7 Å². The number of nitrogens with two attached hydrogens (primary N) is 1. The summed E-state index contributed by atoms with van der Waals surface area (Å²) in [6.07, 6.45) is 0.329. The summed E-state index contributed by atoms with van der Waals surface area (Å²) in [5.74, 6) is -1.33. The van der Waals surface area contributed by atoms with Crippen LogP contribution in [-0.4, -0.2) is 29.7 Å². The molecule has 0 saturated carbocycles. The predicted octanol–water partition coefficient (Wildman–Crippen LogP) is 0.378. The van der Waals surface area contributed by atoms with Gasteiger partial charge in [-0.25, -0.2) is 0 Å². The van der Waals surface area contributed by atoms with E-state index in [-0.39, 0.29) is 18.9 Å². The smallest absolute Gasteiger partial charge is 0.323 e. The van der Waals surface area contributed by atoms with Gasteiger partial charge in [0.2, 0.25) is 0 Å². The first kappa shape index (κ1) is 12.9. The van der Waals surface area contributed by atoms with Crippen LogP contribution in [0.2, 0.25) is 0 Å². The van der Waals surface area contributed by atoms with Gasteiger partial charge in [-0.15, -0.1) is 0 Å². The highest BCUT2D eigenvalue weighted by Gasteiger charge is 2.18. The molecule has 0 rings (SSSR count). The number of carbonyl (C=O) groups is 2. The Kier molecular flexibility index (Phi) is 5.87. The van der Waals surface area contributed by atoms with Crippen LogP contribution in [0.5, 0.6) is 0 Å². The van der Waals surface area contributed by atoms with E-state index in [9.17, 15) is 9.59 Å². The maximum absolute atomic E-state index is 11.1. The Bertz CT molecular complexity index is 203. The Morgan fingerprint density at radius 3 is 2.43 bits per heavy atom. The fourth-order valence-corrected chi connectivity index (χ4v) is 0.765. The van der Waals surface area contributed by atoms with E-state index in [1.807, 2.05) is 13.8 Å². The quantitative estimate of drug-likeness (QED) is 0.481. The fraction of sp³-hybridized carbons (Fsp3) is 0.778. The molecular weight excluding hydrogens is 186 g/mol. The molecule has 5 heteroatoms. The van der Waals surface area contributed by atoms with E-state index < -0.39 is 18.0 Å². The molecule has 0 aromatic rings. The summed E-state index contributed by atoms with van der Waals surface area (Å²) in [5, 5.41) is 8.31. The molecule has 0 aromatic heterocycles. The summed E-state index contributed by atoms with van der Waals surface area (Å²) >= 11 is 0. The third-order valence-electron chi connectivity index (χ3n) is 1.77. The average molecular weight is 203 g/mol. The van der Waals surface area contributed by atoms with Crippen LogP contribution < -0.4 is 5.73 Å². The Morgan fingerprint density at radius 2 is 2.00 bits per heavy atom. The molecule has 0 amide bonds. The van der Waals surface area contributed by atoms with Crippen molar-refractivity contribution in [3.63, 3.8) is 0 Å². The molecule has 14 heavy (non-hydrogen) atoms. The summed E-state index contributed by atoms with van der Waals surface area (Å²) in [4.78, 5) is 21.3. The molecular formula is C9H17NO4. The molecule has 5 nitrogen and oxygen atoms in total. The molecule has 0 saturated heterocycles. The molecule has 0 unspecified atom stereocenters. The lowest BCUT2D eigenvalue weighted by molar-refractivity contribution is -0.147. The van der Waals surface area contributed by atoms with Crippen molar-refractivity contribution in [3.8, 4) is 0 Å². The van der Waals surface area contributed by atoms with Gasteiger partial charge in [-0.2, -0.15) is 0 Å². The van der Waals surface area contributed by atoms with Crippen molar-refractivity contribution < 1.29 is 19.4 Å².